The Bertz CT molecular complexity index is 387. The summed E-state index contributed by atoms with van der Waals surface area (Å²) in [7, 11) is 0. The van der Waals surface area contributed by atoms with E-state index in [1.54, 1.807) is 6.92 Å². The third-order valence-electron chi connectivity index (χ3n) is 2.27. The zero-order valence-corrected chi connectivity index (χ0v) is 9.27. The fraction of sp³-hybridized carbons (Fsp3) is 0.364. The maximum Gasteiger partial charge on any atom is 0.416 e. The van der Waals surface area contributed by atoms with E-state index >= 15 is 0 Å². The van der Waals surface area contributed by atoms with Crippen molar-refractivity contribution >= 4 is 17.9 Å². The minimum absolute atomic E-state index is 0.0302. The van der Waals surface area contributed by atoms with Crippen LogP contribution in [-0.4, -0.2) is 6.29 Å². The molecule has 0 aliphatic rings. The van der Waals surface area contributed by atoms with Crippen LogP contribution in [-0.2, 0) is 11.0 Å². The smallest absolute Gasteiger partial charge is 0.303 e. The monoisotopic (exact) mass is 250 g/mol. The van der Waals surface area contributed by atoms with Gasteiger partial charge in [0, 0.05) is 11.4 Å². The third-order valence-corrected chi connectivity index (χ3v) is 2.48. The van der Waals surface area contributed by atoms with Gasteiger partial charge in [-0.15, -0.1) is 0 Å². The van der Waals surface area contributed by atoms with E-state index in [2.05, 4.69) is 0 Å². The van der Waals surface area contributed by atoms with Crippen molar-refractivity contribution in [2.45, 2.75) is 25.4 Å². The van der Waals surface area contributed by atoms with E-state index in [4.69, 9.17) is 11.6 Å². The van der Waals surface area contributed by atoms with Gasteiger partial charge in [-0.05, 0) is 29.7 Å². The Kier molecular flexibility index (Phi) is 3.97. The number of hydrogen-bond donors (Lipinski definition) is 0. The van der Waals surface area contributed by atoms with Gasteiger partial charge in [0.25, 0.3) is 0 Å². The van der Waals surface area contributed by atoms with Crippen molar-refractivity contribution in [1.82, 2.24) is 0 Å². The summed E-state index contributed by atoms with van der Waals surface area (Å²) in [5.74, 6) is -0.266. The van der Waals surface area contributed by atoms with Crippen LogP contribution in [0.4, 0.5) is 13.2 Å². The van der Waals surface area contributed by atoms with Crippen molar-refractivity contribution in [3.8, 4) is 0 Å². The summed E-state index contributed by atoms with van der Waals surface area (Å²) < 4.78 is 37.4. The highest BCUT2D eigenvalue weighted by Gasteiger charge is 2.31. The van der Waals surface area contributed by atoms with Gasteiger partial charge >= 0.3 is 6.18 Å². The summed E-state index contributed by atoms with van der Waals surface area (Å²) in [6, 6.07) is 3.35. The van der Waals surface area contributed by atoms with Crippen molar-refractivity contribution in [2.24, 2.45) is 0 Å². The second kappa shape index (κ2) is 4.87. The number of hydrogen-bond acceptors (Lipinski definition) is 1. The van der Waals surface area contributed by atoms with Crippen LogP contribution in [0.1, 0.15) is 30.4 Å². The molecule has 1 nitrogen and oxygen atoms in total. The zero-order chi connectivity index (χ0) is 12.3. The number of aldehydes is 1. The molecule has 0 radical (unpaired) electrons. The fourth-order valence-corrected chi connectivity index (χ4v) is 1.58. The van der Waals surface area contributed by atoms with Gasteiger partial charge in [0.05, 0.1) is 5.56 Å². The Balaban J connectivity index is 3.12. The SMILES string of the molecule is CC(CC=O)c1cc(Cl)cc(C(F)(F)F)c1. The molecule has 1 aromatic carbocycles. The molecule has 1 atom stereocenters. The van der Waals surface area contributed by atoms with Crippen LogP contribution >= 0.6 is 11.6 Å². The molecule has 0 fully saturated rings. The summed E-state index contributed by atoms with van der Waals surface area (Å²) in [6.45, 7) is 1.68. The Morgan fingerprint density at radius 1 is 1.38 bits per heavy atom. The molecule has 1 aromatic rings. The van der Waals surface area contributed by atoms with Crippen molar-refractivity contribution in [1.29, 1.82) is 0 Å². The van der Waals surface area contributed by atoms with E-state index in [0.717, 1.165) is 12.1 Å². The van der Waals surface area contributed by atoms with Crippen molar-refractivity contribution in [3.63, 3.8) is 0 Å². The predicted molar refractivity (Wildman–Crippen MR) is 55.6 cm³/mol. The van der Waals surface area contributed by atoms with Gasteiger partial charge in [0.1, 0.15) is 6.29 Å². The molecular formula is C11H10ClF3O. The maximum absolute atomic E-state index is 12.5. The lowest BCUT2D eigenvalue weighted by Crippen LogP contribution is -2.06. The Morgan fingerprint density at radius 2 is 2.00 bits per heavy atom. The Morgan fingerprint density at radius 3 is 2.50 bits per heavy atom. The first-order valence-electron chi connectivity index (χ1n) is 4.66. The Hall–Kier alpha value is -1.03. The topological polar surface area (TPSA) is 17.1 Å². The van der Waals surface area contributed by atoms with E-state index in [9.17, 15) is 18.0 Å². The number of benzene rings is 1. The van der Waals surface area contributed by atoms with Gasteiger partial charge in [-0.1, -0.05) is 18.5 Å². The molecule has 0 amide bonds. The summed E-state index contributed by atoms with van der Waals surface area (Å²) in [6.07, 6.45) is -3.56. The second-order valence-electron chi connectivity index (χ2n) is 3.57. The fourth-order valence-electron chi connectivity index (χ4n) is 1.34. The number of halogens is 4. The highest BCUT2D eigenvalue weighted by atomic mass is 35.5. The molecule has 0 aliphatic heterocycles. The van der Waals surface area contributed by atoms with Crippen LogP contribution in [0.25, 0.3) is 0 Å². The third kappa shape index (κ3) is 3.23. The number of rotatable bonds is 3. The number of alkyl halides is 3. The van der Waals surface area contributed by atoms with Crippen LogP contribution < -0.4 is 0 Å². The molecule has 0 aliphatic carbocycles. The molecular weight excluding hydrogens is 241 g/mol. The molecule has 0 saturated carbocycles. The minimum atomic E-state index is -4.42. The van der Waals surface area contributed by atoms with E-state index in [1.807, 2.05) is 0 Å². The van der Waals surface area contributed by atoms with Gasteiger partial charge in [-0.25, -0.2) is 0 Å². The van der Waals surface area contributed by atoms with Crippen LogP contribution in [0.15, 0.2) is 18.2 Å². The second-order valence-corrected chi connectivity index (χ2v) is 4.01. The maximum atomic E-state index is 12.5. The summed E-state index contributed by atoms with van der Waals surface area (Å²) in [5.41, 5.74) is -0.361. The first-order valence-corrected chi connectivity index (χ1v) is 5.03. The van der Waals surface area contributed by atoms with Crippen molar-refractivity contribution < 1.29 is 18.0 Å². The minimum Gasteiger partial charge on any atom is -0.303 e. The lowest BCUT2D eigenvalue weighted by molar-refractivity contribution is -0.137. The van der Waals surface area contributed by atoms with E-state index in [-0.39, 0.29) is 17.4 Å². The molecule has 16 heavy (non-hydrogen) atoms. The van der Waals surface area contributed by atoms with Gasteiger partial charge < -0.3 is 4.79 Å². The van der Waals surface area contributed by atoms with E-state index in [0.29, 0.717) is 11.8 Å². The largest absolute Gasteiger partial charge is 0.416 e. The van der Waals surface area contributed by atoms with Gasteiger partial charge in [0.15, 0.2) is 0 Å². The molecule has 0 spiro atoms. The van der Waals surface area contributed by atoms with Gasteiger partial charge in [0.2, 0.25) is 0 Å². The molecule has 0 saturated heterocycles. The normalized spacial score (nSPS) is 13.6. The average Bonchev–Trinajstić information content (AvgIpc) is 2.16. The van der Waals surface area contributed by atoms with Crippen LogP contribution in [0, 0.1) is 0 Å². The number of carbonyl (C=O) groups is 1. The average molecular weight is 251 g/mol. The van der Waals surface area contributed by atoms with E-state index in [1.165, 1.54) is 6.07 Å². The zero-order valence-electron chi connectivity index (χ0n) is 8.51. The van der Waals surface area contributed by atoms with Crippen molar-refractivity contribution in [3.05, 3.63) is 34.3 Å². The molecule has 0 N–H and O–H groups in total. The molecule has 0 bridgehead atoms. The summed E-state index contributed by atoms with van der Waals surface area (Å²) in [5, 5.41) is 0.0302. The standard InChI is InChI=1S/C11H10ClF3O/c1-7(2-3-16)8-4-9(11(13,14)15)6-10(12)5-8/h3-7H,2H2,1H3. The highest BCUT2D eigenvalue weighted by molar-refractivity contribution is 6.30. The summed E-state index contributed by atoms with van der Waals surface area (Å²) >= 11 is 5.61. The molecule has 1 unspecified atom stereocenters. The van der Waals surface area contributed by atoms with Crippen molar-refractivity contribution in [2.75, 3.05) is 0 Å². The lowest BCUT2D eigenvalue weighted by Gasteiger charge is -2.13. The molecule has 88 valence electrons. The molecule has 1 rings (SSSR count). The van der Waals surface area contributed by atoms with Gasteiger partial charge in [-0.2, -0.15) is 13.2 Å². The molecule has 5 heteroatoms. The lowest BCUT2D eigenvalue weighted by atomic mass is 9.96. The Labute approximate surface area is 96.2 Å². The predicted octanol–water partition coefficient (Wildman–Crippen LogP) is 4.05. The molecule has 0 aromatic heterocycles. The van der Waals surface area contributed by atoms with E-state index < -0.39 is 11.7 Å². The quantitative estimate of drug-likeness (QED) is 0.740. The number of carbonyl (C=O) groups excluding carboxylic acids is 1. The first kappa shape index (κ1) is 13.0. The summed E-state index contributed by atoms with van der Waals surface area (Å²) in [4.78, 5) is 10.3. The van der Waals surface area contributed by atoms with Crippen LogP contribution in [0.5, 0.6) is 0 Å². The van der Waals surface area contributed by atoms with Crippen LogP contribution in [0.3, 0.4) is 0 Å². The highest BCUT2D eigenvalue weighted by Crippen LogP contribution is 2.33. The van der Waals surface area contributed by atoms with Gasteiger partial charge in [-0.3, -0.25) is 0 Å². The van der Waals surface area contributed by atoms with Crippen LogP contribution in [0.2, 0.25) is 5.02 Å². The first-order chi connectivity index (χ1) is 7.34. The molecule has 0 heterocycles.